The molecule has 1 aromatic heterocycles. The molecule has 0 saturated heterocycles. The van der Waals surface area contributed by atoms with E-state index < -0.39 is 6.10 Å². The molecule has 1 aromatic carbocycles. The lowest BCUT2D eigenvalue weighted by atomic mass is 9.83. The summed E-state index contributed by atoms with van der Waals surface area (Å²) in [6.07, 6.45) is 6.59. The molecule has 2 aromatic rings. The van der Waals surface area contributed by atoms with Crippen LogP contribution in [0.1, 0.15) is 59.9 Å². The maximum atomic E-state index is 12.6. The Labute approximate surface area is 201 Å². The van der Waals surface area contributed by atoms with Gasteiger partial charge in [-0.25, -0.2) is 9.97 Å². The Bertz CT molecular complexity index is 990. The van der Waals surface area contributed by atoms with Gasteiger partial charge in [0.1, 0.15) is 12.0 Å². The van der Waals surface area contributed by atoms with E-state index in [0.29, 0.717) is 18.2 Å². The van der Waals surface area contributed by atoms with E-state index in [0.717, 1.165) is 57.3 Å². The molecule has 1 aliphatic heterocycles. The molecule has 2 amide bonds. The Balaban J connectivity index is 1.21. The highest BCUT2D eigenvalue weighted by molar-refractivity contribution is 5.92. The minimum Gasteiger partial charge on any atom is -0.390 e. The summed E-state index contributed by atoms with van der Waals surface area (Å²) in [6, 6.07) is 10.4. The first-order chi connectivity index (χ1) is 16.5. The largest absolute Gasteiger partial charge is 0.390 e. The number of aromatic nitrogens is 2. The molecule has 0 unspecified atom stereocenters. The minimum absolute atomic E-state index is 0.0290. The van der Waals surface area contributed by atoms with Crippen molar-refractivity contribution >= 4 is 11.8 Å². The zero-order valence-electron chi connectivity index (χ0n) is 19.9. The highest BCUT2D eigenvalue weighted by Crippen LogP contribution is 2.27. The van der Waals surface area contributed by atoms with Gasteiger partial charge >= 0.3 is 0 Å². The van der Waals surface area contributed by atoms with E-state index in [1.165, 1.54) is 17.5 Å². The lowest BCUT2D eigenvalue weighted by molar-refractivity contribution is -0.119. The van der Waals surface area contributed by atoms with Crippen LogP contribution in [-0.2, 0) is 24.2 Å². The molecule has 1 atom stereocenters. The molecule has 182 valence electrons. The highest BCUT2D eigenvalue weighted by atomic mass is 16.3. The number of rotatable bonds is 8. The molecule has 0 bridgehead atoms. The van der Waals surface area contributed by atoms with Crippen molar-refractivity contribution in [3.63, 3.8) is 0 Å². The highest BCUT2D eigenvalue weighted by Gasteiger charge is 2.23. The molecule has 4 rings (SSSR count). The van der Waals surface area contributed by atoms with Crippen LogP contribution in [-0.4, -0.2) is 63.6 Å². The number of carbonyl (C=O) groups is 2. The number of amides is 2. The van der Waals surface area contributed by atoms with E-state index >= 15 is 0 Å². The van der Waals surface area contributed by atoms with E-state index in [1.807, 2.05) is 6.07 Å². The zero-order valence-corrected chi connectivity index (χ0v) is 19.9. The number of hydrogen-bond acceptors (Lipinski definition) is 6. The zero-order chi connectivity index (χ0) is 23.9. The predicted octanol–water partition coefficient (Wildman–Crippen LogP) is 1.86. The summed E-state index contributed by atoms with van der Waals surface area (Å²) in [5, 5.41) is 16.3. The molecule has 8 heteroatoms. The van der Waals surface area contributed by atoms with Crippen molar-refractivity contribution in [2.24, 2.45) is 5.92 Å². The summed E-state index contributed by atoms with van der Waals surface area (Å²) in [6.45, 7) is 3.99. The molecular formula is C26H35N5O3. The van der Waals surface area contributed by atoms with Crippen LogP contribution in [0.3, 0.4) is 0 Å². The average molecular weight is 466 g/mol. The van der Waals surface area contributed by atoms with Gasteiger partial charge in [0.05, 0.1) is 6.10 Å². The third kappa shape index (κ3) is 6.84. The van der Waals surface area contributed by atoms with Crippen LogP contribution < -0.4 is 10.6 Å². The number of carbonyl (C=O) groups excluding carboxylic acids is 2. The first-order valence-corrected chi connectivity index (χ1v) is 12.3. The number of nitrogens with one attached hydrogen (secondary N) is 2. The van der Waals surface area contributed by atoms with Crippen LogP contribution in [0.25, 0.3) is 0 Å². The van der Waals surface area contributed by atoms with E-state index in [4.69, 9.17) is 0 Å². The lowest BCUT2D eigenvalue weighted by Gasteiger charge is -2.30. The molecule has 1 saturated carbocycles. The van der Waals surface area contributed by atoms with Crippen molar-refractivity contribution in [3.8, 4) is 0 Å². The fourth-order valence-corrected chi connectivity index (χ4v) is 5.10. The maximum Gasteiger partial charge on any atom is 0.270 e. The second-order valence-corrected chi connectivity index (χ2v) is 9.63. The number of aliphatic hydroxyl groups excluding tert-OH is 1. The Morgan fingerprint density at radius 3 is 2.68 bits per heavy atom. The fraction of sp³-hybridized carbons (Fsp3) is 0.538. The van der Waals surface area contributed by atoms with Crippen molar-refractivity contribution in [1.29, 1.82) is 0 Å². The number of β-amino-alcohol motifs (C(OH)–C–C–N with tert-alkyl or cyclic N) is 1. The molecular weight excluding hydrogens is 430 g/mol. The van der Waals surface area contributed by atoms with Crippen molar-refractivity contribution in [3.05, 3.63) is 59.2 Å². The summed E-state index contributed by atoms with van der Waals surface area (Å²) in [5.41, 5.74) is 3.87. The normalized spacial score (nSPS) is 21.4. The van der Waals surface area contributed by atoms with Crippen molar-refractivity contribution < 1.29 is 14.7 Å². The average Bonchev–Trinajstić information content (AvgIpc) is 2.83. The second-order valence-electron chi connectivity index (χ2n) is 9.63. The third-order valence-electron chi connectivity index (χ3n) is 6.89. The van der Waals surface area contributed by atoms with Crippen LogP contribution >= 0.6 is 0 Å². The first-order valence-electron chi connectivity index (χ1n) is 12.3. The number of hydrogen-bond donors (Lipinski definition) is 3. The smallest absolute Gasteiger partial charge is 0.270 e. The van der Waals surface area contributed by atoms with Gasteiger partial charge in [-0.05, 0) is 61.6 Å². The van der Waals surface area contributed by atoms with Gasteiger partial charge in [-0.1, -0.05) is 24.3 Å². The van der Waals surface area contributed by atoms with Gasteiger partial charge in [-0.15, -0.1) is 0 Å². The van der Waals surface area contributed by atoms with Gasteiger partial charge in [0.15, 0.2) is 0 Å². The Morgan fingerprint density at radius 1 is 1.15 bits per heavy atom. The Hall–Kier alpha value is -2.84. The quantitative estimate of drug-likeness (QED) is 0.549. The summed E-state index contributed by atoms with van der Waals surface area (Å²) in [7, 11) is 0. The fourth-order valence-electron chi connectivity index (χ4n) is 5.10. The molecule has 0 spiro atoms. The third-order valence-corrected chi connectivity index (χ3v) is 6.89. The molecule has 0 radical (unpaired) electrons. The SMILES string of the molecule is CC(=O)NC1CCC(Cc2cc(C(=O)NC[C@H](O)CN3CCc4ccccc4C3)ncn2)CC1. The van der Waals surface area contributed by atoms with Gasteiger partial charge in [0.2, 0.25) is 5.91 Å². The Kier molecular flexibility index (Phi) is 8.24. The van der Waals surface area contributed by atoms with Crippen LogP contribution in [0.4, 0.5) is 0 Å². The molecule has 1 aliphatic carbocycles. The van der Waals surface area contributed by atoms with Crippen LogP contribution in [0.2, 0.25) is 0 Å². The van der Waals surface area contributed by atoms with Crippen molar-refractivity contribution in [2.75, 3.05) is 19.6 Å². The monoisotopic (exact) mass is 465 g/mol. The van der Waals surface area contributed by atoms with E-state index in [2.05, 4.69) is 43.7 Å². The predicted molar refractivity (Wildman–Crippen MR) is 129 cm³/mol. The molecule has 1 fully saturated rings. The van der Waals surface area contributed by atoms with Crippen LogP contribution in [0.15, 0.2) is 36.7 Å². The summed E-state index contributed by atoms with van der Waals surface area (Å²) in [4.78, 5) is 34.6. The van der Waals surface area contributed by atoms with Gasteiger partial charge < -0.3 is 15.7 Å². The standard InChI is InChI=1S/C26H35N5O3/c1-18(32)30-22-8-6-19(7-9-22)12-23-13-25(29-17-28-23)26(34)27-14-24(33)16-31-11-10-20-4-2-3-5-21(20)15-31/h2-5,13,17,19,22,24,33H,6-12,14-16H2,1H3,(H,27,34)(H,30,32)/t19?,22?,24-/m0/s1. The molecule has 3 N–H and O–H groups in total. The topological polar surface area (TPSA) is 107 Å². The molecule has 8 nitrogen and oxygen atoms in total. The van der Waals surface area contributed by atoms with E-state index in [1.54, 1.807) is 13.0 Å². The number of aliphatic hydroxyl groups is 1. The number of nitrogens with zero attached hydrogens (tertiary/aromatic N) is 3. The first kappa shape index (κ1) is 24.3. The maximum absolute atomic E-state index is 12.6. The minimum atomic E-state index is -0.644. The van der Waals surface area contributed by atoms with Gasteiger partial charge in [-0.2, -0.15) is 0 Å². The van der Waals surface area contributed by atoms with Gasteiger partial charge in [0, 0.05) is 44.8 Å². The second kappa shape index (κ2) is 11.5. The summed E-state index contributed by atoms with van der Waals surface area (Å²) in [5.74, 6) is 0.231. The number of benzene rings is 1. The van der Waals surface area contributed by atoms with Crippen molar-refractivity contribution in [2.45, 2.75) is 64.1 Å². The summed E-state index contributed by atoms with van der Waals surface area (Å²) >= 11 is 0. The molecule has 34 heavy (non-hydrogen) atoms. The van der Waals surface area contributed by atoms with E-state index in [9.17, 15) is 14.7 Å². The van der Waals surface area contributed by atoms with Crippen LogP contribution in [0.5, 0.6) is 0 Å². The molecule has 2 aliphatic rings. The lowest BCUT2D eigenvalue weighted by Crippen LogP contribution is -2.42. The van der Waals surface area contributed by atoms with Gasteiger partial charge in [-0.3, -0.25) is 14.5 Å². The van der Waals surface area contributed by atoms with E-state index in [-0.39, 0.29) is 24.4 Å². The van der Waals surface area contributed by atoms with Crippen molar-refractivity contribution in [1.82, 2.24) is 25.5 Å². The number of fused-ring (bicyclic) bond motifs is 1. The summed E-state index contributed by atoms with van der Waals surface area (Å²) < 4.78 is 0. The Morgan fingerprint density at radius 2 is 1.91 bits per heavy atom. The molecule has 2 heterocycles. The van der Waals surface area contributed by atoms with Gasteiger partial charge in [0.25, 0.3) is 5.91 Å². The van der Waals surface area contributed by atoms with Crippen LogP contribution in [0, 0.1) is 5.92 Å².